The average Bonchev–Trinajstić information content (AvgIpc) is 2.77. The number of hydrogen-bond donors (Lipinski definition) is 1. The van der Waals surface area contributed by atoms with Gasteiger partial charge < -0.3 is 10.3 Å². The van der Waals surface area contributed by atoms with Crippen LogP contribution in [0.15, 0.2) is 36.7 Å². The summed E-state index contributed by atoms with van der Waals surface area (Å²) in [5.41, 5.74) is 10.9. The number of nitrogens with two attached hydrogens (primary N) is 1. The third-order valence-corrected chi connectivity index (χ3v) is 3.37. The molecule has 0 unspecified atom stereocenters. The van der Waals surface area contributed by atoms with Gasteiger partial charge in [0.2, 0.25) is 0 Å². The van der Waals surface area contributed by atoms with Crippen LogP contribution in [-0.2, 0) is 6.54 Å². The Balaban J connectivity index is 2.25. The van der Waals surface area contributed by atoms with E-state index in [0.717, 1.165) is 35.4 Å². The van der Waals surface area contributed by atoms with Crippen LogP contribution in [-0.4, -0.2) is 14.5 Å². The predicted molar refractivity (Wildman–Crippen MR) is 82.4 cm³/mol. The van der Waals surface area contributed by atoms with Gasteiger partial charge in [0, 0.05) is 24.5 Å². The standard InChI is InChI=1S/C16H18N4/c1-3-6-20-15-5-4-11(2)7-14(15)19-16(20)12-8-13(17)10-18-9-12/h4-5,7-10H,3,6,17H2,1-2H3. The van der Waals surface area contributed by atoms with Gasteiger partial charge in [0.15, 0.2) is 0 Å². The monoisotopic (exact) mass is 266 g/mol. The molecule has 4 heteroatoms. The summed E-state index contributed by atoms with van der Waals surface area (Å²) < 4.78 is 2.24. The second kappa shape index (κ2) is 4.96. The van der Waals surface area contributed by atoms with Crippen LogP contribution in [0, 0.1) is 6.92 Å². The maximum absolute atomic E-state index is 5.84. The largest absolute Gasteiger partial charge is 0.397 e. The number of benzene rings is 1. The molecule has 2 N–H and O–H groups in total. The van der Waals surface area contributed by atoms with Gasteiger partial charge in [-0.2, -0.15) is 0 Å². The summed E-state index contributed by atoms with van der Waals surface area (Å²) >= 11 is 0. The SMILES string of the molecule is CCCn1c(-c2cncc(N)c2)nc2cc(C)ccc21. The van der Waals surface area contributed by atoms with E-state index in [2.05, 4.69) is 41.6 Å². The van der Waals surface area contributed by atoms with E-state index >= 15 is 0 Å². The van der Waals surface area contributed by atoms with Crippen LogP contribution < -0.4 is 5.73 Å². The molecule has 2 heterocycles. The molecule has 0 saturated carbocycles. The van der Waals surface area contributed by atoms with E-state index < -0.39 is 0 Å². The first-order chi connectivity index (χ1) is 9.69. The maximum atomic E-state index is 5.84. The van der Waals surface area contributed by atoms with Crippen molar-refractivity contribution in [1.82, 2.24) is 14.5 Å². The van der Waals surface area contributed by atoms with Crippen molar-refractivity contribution in [3.8, 4) is 11.4 Å². The number of aryl methyl sites for hydroxylation is 2. The summed E-state index contributed by atoms with van der Waals surface area (Å²) in [5, 5.41) is 0. The molecule has 0 radical (unpaired) electrons. The Hall–Kier alpha value is -2.36. The fourth-order valence-corrected chi connectivity index (χ4v) is 2.49. The number of fused-ring (bicyclic) bond motifs is 1. The minimum Gasteiger partial charge on any atom is -0.397 e. The highest BCUT2D eigenvalue weighted by atomic mass is 15.1. The molecule has 102 valence electrons. The fourth-order valence-electron chi connectivity index (χ4n) is 2.49. The van der Waals surface area contributed by atoms with Gasteiger partial charge >= 0.3 is 0 Å². The Morgan fingerprint density at radius 3 is 2.80 bits per heavy atom. The summed E-state index contributed by atoms with van der Waals surface area (Å²) in [7, 11) is 0. The third kappa shape index (κ3) is 2.13. The number of rotatable bonds is 3. The lowest BCUT2D eigenvalue weighted by Crippen LogP contribution is -2.00. The summed E-state index contributed by atoms with van der Waals surface area (Å²) in [6.45, 7) is 5.19. The van der Waals surface area contributed by atoms with Crippen molar-refractivity contribution in [3.63, 3.8) is 0 Å². The number of imidazole rings is 1. The average molecular weight is 266 g/mol. The number of anilines is 1. The van der Waals surface area contributed by atoms with Gasteiger partial charge in [-0.25, -0.2) is 4.98 Å². The summed E-state index contributed by atoms with van der Waals surface area (Å²) in [4.78, 5) is 8.94. The second-order valence-corrected chi connectivity index (χ2v) is 5.09. The first-order valence-corrected chi connectivity index (χ1v) is 6.87. The molecule has 0 aliphatic carbocycles. The molecule has 3 rings (SSSR count). The highest BCUT2D eigenvalue weighted by Crippen LogP contribution is 2.26. The van der Waals surface area contributed by atoms with Crippen LogP contribution in [0.1, 0.15) is 18.9 Å². The van der Waals surface area contributed by atoms with Crippen molar-refractivity contribution in [1.29, 1.82) is 0 Å². The van der Waals surface area contributed by atoms with Crippen LogP contribution in [0.5, 0.6) is 0 Å². The molecule has 1 aromatic carbocycles. The van der Waals surface area contributed by atoms with E-state index in [9.17, 15) is 0 Å². The lowest BCUT2D eigenvalue weighted by Gasteiger charge is -2.08. The molecule has 0 aliphatic rings. The maximum Gasteiger partial charge on any atom is 0.142 e. The molecule has 0 aliphatic heterocycles. The lowest BCUT2D eigenvalue weighted by atomic mass is 10.2. The van der Waals surface area contributed by atoms with E-state index in [0.29, 0.717) is 5.69 Å². The zero-order valence-electron chi connectivity index (χ0n) is 11.8. The number of nitrogens with zero attached hydrogens (tertiary/aromatic N) is 3. The highest BCUT2D eigenvalue weighted by Gasteiger charge is 2.12. The van der Waals surface area contributed by atoms with E-state index in [4.69, 9.17) is 10.7 Å². The molecule has 0 atom stereocenters. The summed E-state index contributed by atoms with van der Waals surface area (Å²) in [5.74, 6) is 0.937. The lowest BCUT2D eigenvalue weighted by molar-refractivity contribution is 0.704. The van der Waals surface area contributed by atoms with E-state index in [1.807, 2.05) is 12.3 Å². The Bertz CT molecular complexity index is 758. The summed E-state index contributed by atoms with van der Waals surface area (Å²) in [6.07, 6.45) is 4.53. The fraction of sp³-hybridized carbons (Fsp3) is 0.250. The van der Waals surface area contributed by atoms with Gasteiger partial charge in [-0.1, -0.05) is 13.0 Å². The van der Waals surface area contributed by atoms with Gasteiger partial charge in [0.25, 0.3) is 0 Å². The molecule has 2 aromatic heterocycles. The molecule has 0 saturated heterocycles. The van der Waals surface area contributed by atoms with E-state index in [1.165, 1.54) is 5.56 Å². The Morgan fingerprint density at radius 1 is 1.20 bits per heavy atom. The van der Waals surface area contributed by atoms with Crippen LogP contribution in [0.3, 0.4) is 0 Å². The normalized spacial score (nSPS) is 11.1. The molecule has 20 heavy (non-hydrogen) atoms. The first kappa shape index (κ1) is 12.7. The van der Waals surface area contributed by atoms with Crippen molar-refractivity contribution in [2.75, 3.05) is 5.73 Å². The zero-order valence-corrected chi connectivity index (χ0v) is 11.8. The minimum absolute atomic E-state index is 0.661. The van der Waals surface area contributed by atoms with Crippen molar-refractivity contribution in [3.05, 3.63) is 42.2 Å². The van der Waals surface area contributed by atoms with E-state index in [1.54, 1.807) is 6.20 Å². The molecular formula is C16H18N4. The van der Waals surface area contributed by atoms with Crippen LogP contribution in [0.25, 0.3) is 22.4 Å². The third-order valence-electron chi connectivity index (χ3n) is 3.37. The number of pyridine rings is 1. The topological polar surface area (TPSA) is 56.7 Å². The van der Waals surface area contributed by atoms with Crippen molar-refractivity contribution in [2.45, 2.75) is 26.8 Å². The van der Waals surface area contributed by atoms with Crippen molar-refractivity contribution < 1.29 is 0 Å². The minimum atomic E-state index is 0.661. The molecular weight excluding hydrogens is 248 g/mol. The predicted octanol–water partition coefficient (Wildman–Crippen LogP) is 3.40. The quantitative estimate of drug-likeness (QED) is 0.790. The van der Waals surface area contributed by atoms with Crippen LogP contribution in [0.4, 0.5) is 5.69 Å². The number of aromatic nitrogens is 3. The molecule has 0 bridgehead atoms. The van der Waals surface area contributed by atoms with Crippen molar-refractivity contribution in [2.24, 2.45) is 0 Å². The van der Waals surface area contributed by atoms with Crippen molar-refractivity contribution >= 4 is 16.7 Å². The van der Waals surface area contributed by atoms with E-state index in [-0.39, 0.29) is 0 Å². The van der Waals surface area contributed by atoms with Crippen LogP contribution in [0.2, 0.25) is 0 Å². The highest BCUT2D eigenvalue weighted by molar-refractivity contribution is 5.81. The molecule has 4 nitrogen and oxygen atoms in total. The Kier molecular flexibility index (Phi) is 3.14. The molecule has 0 amide bonds. The van der Waals surface area contributed by atoms with Gasteiger partial charge in [-0.15, -0.1) is 0 Å². The smallest absolute Gasteiger partial charge is 0.142 e. The molecule has 3 aromatic rings. The van der Waals surface area contributed by atoms with Gasteiger partial charge in [-0.3, -0.25) is 4.98 Å². The summed E-state index contributed by atoms with van der Waals surface area (Å²) in [6, 6.07) is 8.30. The van der Waals surface area contributed by atoms with Crippen LogP contribution >= 0.6 is 0 Å². The first-order valence-electron chi connectivity index (χ1n) is 6.87. The molecule has 0 spiro atoms. The number of hydrogen-bond acceptors (Lipinski definition) is 3. The Labute approximate surface area is 118 Å². The van der Waals surface area contributed by atoms with Gasteiger partial charge in [0.05, 0.1) is 16.7 Å². The number of nitrogen functional groups attached to an aromatic ring is 1. The van der Waals surface area contributed by atoms with Gasteiger partial charge in [0.1, 0.15) is 5.82 Å². The second-order valence-electron chi connectivity index (χ2n) is 5.09. The Morgan fingerprint density at radius 2 is 2.05 bits per heavy atom. The molecule has 0 fully saturated rings. The van der Waals surface area contributed by atoms with Gasteiger partial charge in [-0.05, 0) is 37.1 Å². The zero-order chi connectivity index (χ0) is 14.1.